The molecule has 6 heteroatoms. The first-order valence-electron chi connectivity index (χ1n) is 9.57. The lowest BCUT2D eigenvalue weighted by atomic mass is 9.74. The Balaban J connectivity index is 1.77. The van der Waals surface area contributed by atoms with E-state index in [0.717, 1.165) is 30.9 Å². The Labute approximate surface area is 155 Å². The lowest BCUT2D eigenvalue weighted by Gasteiger charge is -2.36. The highest BCUT2D eigenvalue weighted by atomic mass is 16.6. The van der Waals surface area contributed by atoms with Crippen LogP contribution >= 0.6 is 0 Å². The molecule has 6 nitrogen and oxygen atoms in total. The van der Waals surface area contributed by atoms with E-state index in [0.29, 0.717) is 51.6 Å². The van der Waals surface area contributed by atoms with Gasteiger partial charge in [0.1, 0.15) is 19.8 Å². The molecular formula is C20H29NO5. The molecule has 1 aromatic rings. The molecule has 2 aliphatic rings. The van der Waals surface area contributed by atoms with Crippen LogP contribution in [0, 0.1) is 0 Å². The van der Waals surface area contributed by atoms with E-state index in [2.05, 4.69) is 18.7 Å². The summed E-state index contributed by atoms with van der Waals surface area (Å²) in [6.45, 7) is 9.49. The zero-order chi connectivity index (χ0) is 18.4. The molecule has 0 spiro atoms. The Hall–Kier alpha value is -1.79. The van der Waals surface area contributed by atoms with Crippen LogP contribution in [0.1, 0.15) is 32.3 Å². The fraction of sp³-hybridized carbons (Fsp3) is 0.650. The molecule has 0 bridgehead atoms. The highest BCUT2D eigenvalue weighted by Gasteiger charge is 2.43. The van der Waals surface area contributed by atoms with E-state index >= 15 is 0 Å². The van der Waals surface area contributed by atoms with Crippen LogP contribution in [0.2, 0.25) is 0 Å². The zero-order valence-corrected chi connectivity index (χ0v) is 15.8. The Morgan fingerprint density at radius 2 is 1.77 bits per heavy atom. The lowest BCUT2D eigenvalue weighted by Crippen LogP contribution is -2.43. The van der Waals surface area contributed by atoms with Gasteiger partial charge in [-0.2, -0.15) is 0 Å². The number of nitrogens with zero attached hydrogens (tertiary/aromatic N) is 1. The minimum Gasteiger partial charge on any atom is -0.486 e. The Morgan fingerprint density at radius 1 is 1.08 bits per heavy atom. The molecule has 0 radical (unpaired) electrons. The minimum atomic E-state index is -0.669. The standard InChI is InChI=1S/C20H29NO5/c1-3-21(4-2)9-12-26-19(22)20(7-10-23-11-8-20)16-5-6-17-18(15-16)25-14-13-24-17/h5-6,15H,3-4,7-14H2,1-2H3. The number of benzene rings is 1. The molecule has 0 N–H and O–H groups in total. The summed E-state index contributed by atoms with van der Waals surface area (Å²) in [6.07, 6.45) is 1.24. The molecule has 0 amide bonds. The van der Waals surface area contributed by atoms with Crippen LogP contribution in [-0.2, 0) is 19.7 Å². The first kappa shape index (κ1) is 19.0. The van der Waals surface area contributed by atoms with Crippen molar-refractivity contribution in [2.24, 2.45) is 0 Å². The number of esters is 1. The molecule has 144 valence electrons. The summed E-state index contributed by atoms with van der Waals surface area (Å²) in [7, 11) is 0. The molecule has 0 saturated carbocycles. The average Bonchev–Trinajstić information content (AvgIpc) is 2.71. The van der Waals surface area contributed by atoms with E-state index in [-0.39, 0.29) is 5.97 Å². The van der Waals surface area contributed by atoms with Gasteiger partial charge < -0.3 is 23.8 Å². The molecule has 1 fully saturated rings. The van der Waals surface area contributed by atoms with Gasteiger partial charge in [-0.25, -0.2) is 0 Å². The maximum absolute atomic E-state index is 13.1. The largest absolute Gasteiger partial charge is 0.486 e. The summed E-state index contributed by atoms with van der Waals surface area (Å²) >= 11 is 0. The van der Waals surface area contributed by atoms with Crippen molar-refractivity contribution < 1.29 is 23.7 Å². The number of ether oxygens (including phenoxy) is 4. The maximum Gasteiger partial charge on any atom is 0.316 e. The van der Waals surface area contributed by atoms with Gasteiger partial charge >= 0.3 is 5.97 Å². The van der Waals surface area contributed by atoms with Crippen LogP contribution in [0.15, 0.2) is 18.2 Å². The minimum absolute atomic E-state index is 0.162. The SMILES string of the molecule is CCN(CC)CCOC(=O)C1(c2ccc3c(c2)OCCO3)CCOCC1. The lowest BCUT2D eigenvalue weighted by molar-refractivity contribution is -0.155. The number of hydrogen-bond acceptors (Lipinski definition) is 6. The van der Waals surface area contributed by atoms with Crippen molar-refractivity contribution in [1.29, 1.82) is 0 Å². The van der Waals surface area contributed by atoms with Crippen molar-refractivity contribution in [2.45, 2.75) is 32.1 Å². The van der Waals surface area contributed by atoms with E-state index < -0.39 is 5.41 Å². The van der Waals surface area contributed by atoms with E-state index in [1.165, 1.54) is 0 Å². The molecule has 26 heavy (non-hydrogen) atoms. The second-order valence-electron chi connectivity index (χ2n) is 6.72. The molecule has 0 unspecified atom stereocenters. The van der Waals surface area contributed by atoms with Crippen LogP contribution in [0.4, 0.5) is 0 Å². The molecule has 0 atom stereocenters. The van der Waals surface area contributed by atoms with Crippen LogP contribution in [0.3, 0.4) is 0 Å². The Morgan fingerprint density at radius 3 is 2.46 bits per heavy atom. The van der Waals surface area contributed by atoms with Crippen LogP contribution < -0.4 is 9.47 Å². The number of carbonyl (C=O) groups is 1. The van der Waals surface area contributed by atoms with E-state index in [1.54, 1.807) is 0 Å². The van der Waals surface area contributed by atoms with Gasteiger partial charge in [0, 0.05) is 19.8 Å². The van der Waals surface area contributed by atoms with Gasteiger partial charge in [-0.1, -0.05) is 19.9 Å². The molecule has 1 aromatic carbocycles. The van der Waals surface area contributed by atoms with Crippen LogP contribution in [-0.4, -0.2) is 63.5 Å². The van der Waals surface area contributed by atoms with Crippen molar-refractivity contribution in [2.75, 3.05) is 52.7 Å². The smallest absolute Gasteiger partial charge is 0.316 e. The molecule has 0 aliphatic carbocycles. The topological polar surface area (TPSA) is 57.2 Å². The van der Waals surface area contributed by atoms with Gasteiger partial charge in [0.15, 0.2) is 11.5 Å². The Bertz CT molecular complexity index is 608. The predicted molar refractivity (Wildman–Crippen MR) is 97.9 cm³/mol. The van der Waals surface area contributed by atoms with Crippen molar-refractivity contribution in [3.63, 3.8) is 0 Å². The monoisotopic (exact) mass is 363 g/mol. The molecule has 2 heterocycles. The molecule has 1 saturated heterocycles. The highest BCUT2D eigenvalue weighted by molar-refractivity contribution is 5.83. The van der Waals surface area contributed by atoms with Crippen LogP contribution in [0.5, 0.6) is 11.5 Å². The number of rotatable bonds is 7. The van der Waals surface area contributed by atoms with Crippen molar-refractivity contribution in [1.82, 2.24) is 4.90 Å². The third kappa shape index (κ3) is 3.96. The van der Waals surface area contributed by atoms with E-state index in [4.69, 9.17) is 18.9 Å². The fourth-order valence-corrected chi connectivity index (χ4v) is 3.62. The highest BCUT2D eigenvalue weighted by Crippen LogP contribution is 2.41. The molecule has 2 aliphatic heterocycles. The number of hydrogen-bond donors (Lipinski definition) is 0. The maximum atomic E-state index is 13.1. The second kappa shape index (κ2) is 8.73. The average molecular weight is 363 g/mol. The zero-order valence-electron chi connectivity index (χ0n) is 15.8. The molecular weight excluding hydrogens is 334 g/mol. The number of carbonyl (C=O) groups excluding carboxylic acids is 1. The van der Waals surface area contributed by atoms with E-state index in [1.807, 2.05) is 18.2 Å². The predicted octanol–water partition coefficient (Wildman–Crippen LogP) is 2.39. The van der Waals surface area contributed by atoms with Crippen molar-refractivity contribution in [3.8, 4) is 11.5 Å². The summed E-state index contributed by atoms with van der Waals surface area (Å²) in [5.74, 6) is 1.28. The van der Waals surface area contributed by atoms with E-state index in [9.17, 15) is 4.79 Å². The van der Waals surface area contributed by atoms with Crippen molar-refractivity contribution in [3.05, 3.63) is 23.8 Å². The van der Waals surface area contributed by atoms with Gasteiger partial charge in [0.05, 0.1) is 5.41 Å². The normalized spacial score (nSPS) is 18.6. The second-order valence-corrected chi connectivity index (χ2v) is 6.72. The number of fused-ring (bicyclic) bond motifs is 1. The third-order valence-corrected chi connectivity index (χ3v) is 5.37. The summed E-state index contributed by atoms with van der Waals surface area (Å²) in [6, 6.07) is 5.79. The van der Waals surface area contributed by atoms with Crippen LogP contribution in [0.25, 0.3) is 0 Å². The van der Waals surface area contributed by atoms with Gasteiger partial charge in [-0.3, -0.25) is 4.79 Å². The summed E-state index contributed by atoms with van der Waals surface area (Å²) < 4.78 is 22.5. The summed E-state index contributed by atoms with van der Waals surface area (Å²) in [5.41, 5.74) is 0.259. The van der Waals surface area contributed by atoms with Crippen molar-refractivity contribution >= 4 is 5.97 Å². The number of likely N-dealkylation sites (N-methyl/N-ethyl adjacent to an activating group) is 1. The molecule has 3 rings (SSSR count). The first-order chi connectivity index (χ1) is 12.7. The quantitative estimate of drug-likeness (QED) is 0.694. The molecule has 0 aromatic heterocycles. The Kier molecular flexibility index (Phi) is 6.38. The third-order valence-electron chi connectivity index (χ3n) is 5.37. The van der Waals surface area contributed by atoms with Gasteiger partial charge in [-0.15, -0.1) is 0 Å². The van der Waals surface area contributed by atoms with Gasteiger partial charge in [0.2, 0.25) is 0 Å². The summed E-state index contributed by atoms with van der Waals surface area (Å²) in [5, 5.41) is 0. The first-order valence-corrected chi connectivity index (χ1v) is 9.57. The van der Waals surface area contributed by atoms with Gasteiger partial charge in [-0.05, 0) is 43.6 Å². The summed E-state index contributed by atoms with van der Waals surface area (Å²) in [4.78, 5) is 15.3. The van der Waals surface area contributed by atoms with Gasteiger partial charge in [0.25, 0.3) is 0 Å². The fourth-order valence-electron chi connectivity index (χ4n) is 3.62.